The summed E-state index contributed by atoms with van der Waals surface area (Å²) in [5, 5.41) is 12.7. The fourth-order valence-electron chi connectivity index (χ4n) is 3.07. The second-order valence-electron chi connectivity index (χ2n) is 7.76. The van der Waals surface area contributed by atoms with Gasteiger partial charge in [-0.25, -0.2) is 14.8 Å². The summed E-state index contributed by atoms with van der Waals surface area (Å²) in [7, 11) is 0. The minimum atomic E-state index is -0.495. The minimum Gasteiger partial charge on any atom is -0.507 e. The molecule has 0 saturated carbocycles. The first kappa shape index (κ1) is 24.1. The van der Waals surface area contributed by atoms with Crippen LogP contribution >= 0.6 is 11.3 Å². The van der Waals surface area contributed by atoms with Gasteiger partial charge in [-0.15, -0.1) is 11.3 Å². The van der Waals surface area contributed by atoms with E-state index in [0.717, 1.165) is 16.7 Å². The molecule has 0 radical (unpaired) electrons. The Morgan fingerprint density at radius 1 is 1.21 bits per heavy atom. The van der Waals surface area contributed by atoms with Gasteiger partial charge in [-0.1, -0.05) is 49.8 Å². The molecule has 0 atom stereocenters. The Kier molecular flexibility index (Phi) is 7.90. The Labute approximate surface area is 197 Å². The van der Waals surface area contributed by atoms with Crippen LogP contribution in [0.5, 0.6) is 5.75 Å². The van der Waals surface area contributed by atoms with Crippen LogP contribution in [-0.2, 0) is 4.74 Å². The van der Waals surface area contributed by atoms with Crippen molar-refractivity contribution in [1.29, 1.82) is 0 Å². The van der Waals surface area contributed by atoms with Crippen LogP contribution in [0.1, 0.15) is 69.8 Å². The maximum atomic E-state index is 12.5. The van der Waals surface area contributed by atoms with Gasteiger partial charge in [0.1, 0.15) is 5.75 Å². The summed E-state index contributed by atoms with van der Waals surface area (Å²) in [4.78, 5) is 32.8. The number of aliphatic imine (C=N–C) groups is 1. The number of phenols is 1. The van der Waals surface area contributed by atoms with Crippen molar-refractivity contribution in [3.8, 4) is 5.75 Å². The van der Waals surface area contributed by atoms with Gasteiger partial charge in [0.25, 0.3) is 0 Å². The lowest BCUT2D eigenvalue weighted by Gasteiger charge is -2.12. The number of thiazole rings is 1. The number of esters is 1. The van der Waals surface area contributed by atoms with Crippen molar-refractivity contribution in [2.75, 3.05) is 6.61 Å². The molecule has 0 spiro atoms. The third-order valence-corrected chi connectivity index (χ3v) is 5.62. The first-order chi connectivity index (χ1) is 15.8. The van der Waals surface area contributed by atoms with Gasteiger partial charge in [-0.2, -0.15) is 0 Å². The molecule has 0 aliphatic rings. The first-order valence-electron chi connectivity index (χ1n) is 10.6. The van der Waals surface area contributed by atoms with Crippen molar-refractivity contribution in [2.45, 2.75) is 33.6 Å². The number of ketones is 1. The number of ether oxygens (including phenoxy) is 1. The summed E-state index contributed by atoms with van der Waals surface area (Å²) in [6.45, 7) is 7.93. The molecule has 0 amide bonds. The molecule has 1 heterocycles. The molecule has 0 aliphatic heterocycles. The van der Waals surface area contributed by atoms with Crippen molar-refractivity contribution in [2.24, 2.45) is 4.99 Å². The summed E-state index contributed by atoms with van der Waals surface area (Å²) in [5.74, 6) is -0.407. The lowest BCUT2D eigenvalue weighted by Crippen LogP contribution is -2.04. The normalized spacial score (nSPS) is 11.5. The summed E-state index contributed by atoms with van der Waals surface area (Å²) in [6, 6.07) is 11.0. The molecule has 0 unspecified atom stereocenters. The zero-order chi connectivity index (χ0) is 24.0. The second kappa shape index (κ2) is 10.8. The van der Waals surface area contributed by atoms with E-state index in [1.807, 2.05) is 39.0 Å². The largest absolute Gasteiger partial charge is 0.507 e. The molecule has 3 rings (SSSR count). The molecule has 7 heteroatoms. The van der Waals surface area contributed by atoms with Crippen LogP contribution in [0.3, 0.4) is 0 Å². The third-order valence-electron chi connectivity index (χ3n) is 4.87. The summed E-state index contributed by atoms with van der Waals surface area (Å²) in [5.41, 5.74) is 3.92. The van der Waals surface area contributed by atoms with Gasteiger partial charge in [0.15, 0.2) is 11.5 Å². The van der Waals surface area contributed by atoms with E-state index >= 15 is 0 Å². The van der Waals surface area contributed by atoms with Crippen LogP contribution in [0.2, 0.25) is 0 Å². The fraction of sp³-hybridized carbons (Fsp3) is 0.231. The number of benzene rings is 2. The van der Waals surface area contributed by atoms with Gasteiger partial charge in [-0.3, -0.25) is 4.79 Å². The van der Waals surface area contributed by atoms with Crippen LogP contribution < -0.4 is 0 Å². The van der Waals surface area contributed by atoms with E-state index in [1.165, 1.54) is 23.6 Å². The summed E-state index contributed by atoms with van der Waals surface area (Å²) in [6.07, 6.45) is 4.76. The quantitative estimate of drug-likeness (QED) is 0.189. The number of aromatic nitrogens is 1. The average Bonchev–Trinajstić information content (AvgIpc) is 3.27. The van der Waals surface area contributed by atoms with Crippen LogP contribution in [0.25, 0.3) is 6.08 Å². The molecule has 6 nitrogen and oxygen atoms in total. The smallest absolute Gasteiger partial charge is 0.357 e. The molecular formula is C26H26N2O4S. The fourth-order valence-corrected chi connectivity index (χ4v) is 3.70. The first-order valence-corrected chi connectivity index (χ1v) is 11.5. The maximum Gasteiger partial charge on any atom is 0.357 e. The number of hydrogen-bond acceptors (Lipinski definition) is 7. The van der Waals surface area contributed by atoms with E-state index in [4.69, 9.17) is 4.74 Å². The lowest BCUT2D eigenvalue weighted by atomic mass is 9.96. The van der Waals surface area contributed by atoms with Crippen molar-refractivity contribution in [3.63, 3.8) is 0 Å². The lowest BCUT2D eigenvalue weighted by molar-refractivity contribution is 0.0520. The number of phenolic OH excluding ortho intramolecular Hbond substituents is 1. The zero-order valence-electron chi connectivity index (χ0n) is 19.0. The molecule has 0 bridgehead atoms. The highest BCUT2D eigenvalue weighted by atomic mass is 32.1. The highest BCUT2D eigenvalue weighted by Crippen LogP contribution is 2.31. The third kappa shape index (κ3) is 6.23. The molecule has 3 aromatic rings. The van der Waals surface area contributed by atoms with E-state index in [2.05, 4.69) is 9.98 Å². The van der Waals surface area contributed by atoms with E-state index < -0.39 is 5.97 Å². The van der Waals surface area contributed by atoms with Crippen LogP contribution in [0.4, 0.5) is 5.13 Å². The highest BCUT2D eigenvalue weighted by molar-refractivity contribution is 7.13. The number of carbonyl (C=O) groups is 2. The van der Waals surface area contributed by atoms with Gasteiger partial charge >= 0.3 is 5.97 Å². The zero-order valence-corrected chi connectivity index (χ0v) is 19.8. The van der Waals surface area contributed by atoms with Crippen LogP contribution in [0.15, 0.2) is 52.8 Å². The van der Waals surface area contributed by atoms with Gasteiger partial charge in [0, 0.05) is 22.7 Å². The molecule has 2 aromatic carbocycles. The molecule has 1 N–H and O–H groups in total. The van der Waals surface area contributed by atoms with Crippen molar-refractivity contribution in [1.82, 2.24) is 4.98 Å². The highest BCUT2D eigenvalue weighted by Gasteiger charge is 2.13. The molecule has 33 heavy (non-hydrogen) atoms. The van der Waals surface area contributed by atoms with Crippen molar-refractivity contribution >= 4 is 40.5 Å². The van der Waals surface area contributed by atoms with Gasteiger partial charge in [0.2, 0.25) is 5.13 Å². The number of nitrogens with zero attached hydrogens (tertiary/aromatic N) is 2. The van der Waals surface area contributed by atoms with Gasteiger partial charge < -0.3 is 9.84 Å². The van der Waals surface area contributed by atoms with E-state index in [9.17, 15) is 14.7 Å². The molecule has 0 fully saturated rings. The molecule has 0 aliphatic carbocycles. The van der Waals surface area contributed by atoms with Crippen molar-refractivity contribution < 1.29 is 19.4 Å². The monoisotopic (exact) mass is 462 g/mol. The Bertz CT molecular complexity index is 1210. The number of aryl methyl sites for hydroxylation is 1. The second-order valence-corrected chi connectivity index (χ2v) is 8.60. The van der Waals surface area contributed by atoms with Gasteiger partial charge in [-0.05, 0) is 49.1 Å². The van der Waals surface area contributed by atoms with E-state index in [-0.39, 0.29) is 29.8 Å². The Morgan fingerprint density at radius 2 is 1.94 bits per heavy atom. The minimum absolute atomic E-state index is 0.0635. The summed E-state index contributed by atoms with van der Waals surface area (Å²) < 4.78 is 4.94. The Hall–Kier alpha value is -3.58. The van der Waals surface area contributed by atoms with E-state index in [0.29, 0.717) is 16.3 Å². The van der Waals surface area contributed by atoms with Crippen LogP contribution in [-0.4, -0.2) is 34.7 Å². The molecular weight excluding hydrogens is 436 g/mol. The molecule has 1 aromatic heterocycles. The van der Waals surface area contributed by atoms with E-state index in [1.54, 1.807) is 36.6 Å². The maximum absolute atomic E-state index is 12.5. The predicted octanol–water partition coefficient (Wildman–Crippen LogP) is 6.10. The Morgan fingerprint density at radius 3 is 2.61 bits per heavy atom. The number of hydrogen-bond donors (Lipinski definition) is 1. The average molecular weight is 463 g/mol. The molecule has 0 saturated heterocycles. The number of allylic oxidation sites excluding steroid dienone is 1. The standard InChI is InChI=1S/C26H26N2O4S/c1-5-32-25(31)22-15-33-26(28-22)27-14-20-12-18(13-21(16(2)3)24(20)30)8-11-23(29)19-9-6-17(4)7-10-19/h6-16,30H,5H2,1-4H3/b11-8+,27-14+. The van der Waals surface area contributed by atoms with Crippen LogP contribution in [0, 0.1) is 6.92 Å². The Balaban J connectivity index is 1.87. The predicted molar refractivity (Wildman–Crippen MR) is 132 cm³/mol. The van der Waals surface area contributed by atoms with Crippen molar-refractivity contribution in [3.05, 3.63) is 81.4 Å². The number of aromatic hydroxyl groups is 1. The number of carbonyl (C=O) groups excluding carboxylic acids is 2. The van der Waals surface area contributed by atoms with Gasteiger partial charge in [0.05, 0.1) is 6.61 Å². The topological polar surface area (TPSA) is 88.8 Å². The molecule has 170 valence electrons. The summed E-state index contributed by atoms with van der Waals surface area (Å²) >= 11 is 1.21. The number of rotatable bonds is 8. The SMILES string of the molecule is CCOC(=O)c1csc(/N=C/c2cc(/C=C/C(=O)c3ccc(C)cc3)cc(C(C)C)c2O)n1.